The molecule has 0 spiro atoms. The lowest BCUT2D eigenvalue weighted by Gasteiger charge is -2.34. The van der Waals surface area contributed by atoms with Gasteiger partial charge in [0.1, 0.15) is 0 Å². The summed E-state index contributed by atoms with van der Waals surface area (Å²) < 4.78 is 5.73. The van der Waals surface area contributed by atoms with Gasteiger partial charge in [0.25, 0.3) is 0 Å². The normalized spacial score (nSPS) is 20.8. The topological polar surface area (TPSA) is 71.7 Å². The van der Waals surface area contributed by atoms with Crippen molar-refractivity contribution in [3.63, 3.8) is 0 Å². The summed E-state index contributed by atoms with van der Waals surface area (Å²) in [6.45, 7) is 4.46. The van der Waals surface area contributed by atoms with Crippen molar-refractivity contribution in [2.75, 3.05) is 39.8 Å². The Balaban J connectivity index is 1.78. The fraction of sp³-hybridized carbons (Fsp3) is 0.667. The van der Waals surface area contributed by atoms with Gasteiger partial charge in [-0.05, 0) is 7.05 Å². The molecule has 1 aliphatic heterocycles. The summed E-state index contributed by atoms with van der Waals surface area (Å²) in [7, 11) is 1.89. The number of nitrogens with zero attached hydrogens (tertiary/aromatic N) is 3. The molecular weight excluding hydrogens is 264 g/mol. The molecule has 0 bridgehead atoms. The van der Waals surface area contributed by atoms with Gasteiger partial charge in [-0.25, -0.2) is 0 Å². The standard InChI is InChI=1S/C12H20N4O2S/c1-15(8-12(13)17)5-10-6-16(2-3-18-10)7-11-4-14-9-19-11/h4,9-10H,2-3,5-8H2,1H3,(H2,13,17)/t10-/m0/s1. The molecule has 0 radical (unpaired) electrons. The van der Waals surface area contributed by atoms with Gasteiger partial charge in [-0.3, -0.25) is 19.6 Å². The number of carbonyl (C=O) groups is 1. The molecule has 1 atom stereocenters. The van der Waals surface area contributed by atoms with E-state index in [1.165, 1.54) is 4.88 Å². The molecule has 1 aromatic heterocycles. The van der Waals surface area contributed by atoms with Gasteiger partial charge in [0, 0.05) is 37.3 Å². The molecule has 2 N–H and O–H groups in total. The number of morpholine rings is 1. The Hall–Kier alpha value is -1.02. The molecule has 2 heterocycles. The Morgan fingerprint density at radius 3 is 3.26 bits per heavy atom. The number of primary amides is 1. The summed E-state index contributed by atoms with van der Waals surface area (Å²) in [5.74, 6) is -0.306. The molecule has 7 heteroatoms. The van der Waals surface area contributed by atoms with Gasteiger partial charge in [-0.2, -0.15) is 0 Å². The van der Waals surface area contributed by atoms with Crippen LogP contribution in [0.5, 0.6) is 0 Å². The predicted molar refractivity (Wildman–Crippen MR) is 73.8 cm³/mol. The van der Waals surface area contributed by atoms with Crippen LogP contribution in [0.15, 0.2) is 11.7 Å². The lowest BCUT2D eigenvalue weighted by Crippen LogP contribution is -2.47. The zero-order valence-corrected chi connectivity index (χ0v) is 11.9. The molecular formula is C12H20N4O2S. The van der Waals surface area contributed by atoms with E-state index in [2.05, 4.69) is 9.88 Å². The first kappa shape index (κ1) is 14.4. The number of hydrogen-bond acceptors (Lipinski definition) is 6. The Labute approximate surface area is 117 Å². The van der Waals surface area contributed by atoms with Crippen LogP contribution in [0.1, 0.15) is 4.88 Å². The fourth-order valence-corrected chi connectivity index (χ4v) is 2.89. The van der Waals surface area contributed by atoms with Crippen molar-refractivity contribution >= 4 is 17.2 Å². The maximum Gasteiger partial charge on any atom is 0.231 e. The van der Waals surface area contributed by atoms with Crippen molar-refractivity contribution in [3.05, 3.63) is 16.6 Å². The van der Waals surface area contributed by atoms with Crippen LogP contribution in [-0.4, -0.2) is 66.6 Å². The third-order valence-corrected chi connectivity index (χ3v) is 3.79. The van der Waals surface area contributed by atoms with Gasteiger partial charge in [0.15, 0.2) is 0 Å². The first-order valence-electron chi connectivity index (χ1n) is 6.31. The number of aromatic nitrogens is 1. The first-order chi connectivity index (χ1) is 9.13. The molecule has 0 saturated carbocycles. The second-order valence-electron chi connectivity index (χ2n) is 4.86. The minimum absolute atomic E-state index is 0.131. The van der Waals surface area contributed by atoms with E-state index in [-0.39, 0.29) is 18.6 Å². The van der Waals surface area contributed by atoms with Crippen LogP contribution in [0.3, 0.4) is 0 Å². The third kappa shape index (κ3) is 4.87. The summed E-state index contributed by atoms with van der Waals surface area (Å²) in [5.41, 5.74) is 7.03. The maximum absolute atomic E-state index is 10.9. The zero-order valence-electron chi connectivity index (χ0n) is 11.1. The van der Waals surface area contributed by atoms with Gasteiger partial charge in [-0.15, -0.1) is 11.3 Å². The smallest absolute Gasteiger partial charge is 0.231 e. The zero-order chi connectivity index (χ0) is 13.7. The lowest BCUT2D eigenvalue weighted by molar-refractivity contribution is -0.119. The number of nitrogens with two attached hydrogens (primary N) is 1. The molecule has 0 aliphatic carbocycles. The quantitative estimate of drug-likeness (QED) is 0.781. The van der Waals surface area contributed by atoms with Gasteiger partial charge < -0.3 is 10.5 Å². The van der Waals surface area contributed by atoms with Crippen LogP contribution in [0.4, 0.5) is 0 Å². The second kappa shape index (κ2) is 6.95. The molecule has 106 valence electrons. The van der Waals surface area contributed by atoms with Gasteiger partial charge in [-0.1, -0.05) is 0 Å². The van der Waals surface area contributed by atoms with Crippen molar-refractivity contribution in [1.29, 1.82) is 0 Å². The SMILES string of the molecule is CN(CC(N)=O)C[C@H]1CN(Cc2cncs2)CCO1. The first-order valence-corrected chi connectivity index (χ1v) is 7.19. The van der Waals surface area contributed by atoms with Crippen molar-refractivity contribution in [3.8, 4) is 0 Å². The Morgan fingerprint density at radius 2 is 2.58 bits per heavy atom. The van der Waals surface area contributed by atoms with E-state index in [1.807, 2.05) is 23.7 Å². The Bertz CT molecular complexity index is 398. The number of ether oxygens (including phenoxy) is 1. The van der Waals surface area contributed by atoms with Crippen molar-refractivity contribution in [2.45, 2.75) is 12.6 Å². The molecule has 1 amide bonds. The summed E-state index contributed by atoms with van der Waals surface area (Å²) >= 11 is 1.67. The lowest BCUT2D eigenvalue weighted by atomic mass is 10.2. The van der Waals surface area contributed by atoms with E-state index in [1.54, 1.807) is 11.3 Å². The number of carbonyl (C=O) groups excluding carboxylic acids is 1. The molecule has 1 aliphatic rings. The molecule has 19 heavy (non-hydrogen) atoms. The number of rotatable bonds is 6. The van der Waals surface area contributed by atoms with Crippen LogP contribution in [0.2, 0.25) is 0 Å². The third-order valence-electron chi connectivity index (χ3n) is 3.03. The average molecular weight is 284 g/mol. The number of hydrogen-bond donors (Lipinski definition) is 1. The predicted octanol–water partition coefficient (Wildman–Crippen LogP) is -0.239. The highest BCUT2D eigenvalue weighted by atomic mass is 32.1. The van der Waals surface area contributed by atoms with Crippen molar-refractivity contribution < 1.29 is 9.53 Å². The van der Waals surface area contributed by atoms with Gasteiger partial charge in [0.05, 0.1) is 24.8 Å². The largest absolute Gasteiger partial charge is 0.374 e. The summed E-state index contributed by atoms with van der Waals surface area (Å²) in [4.78, 5) is 20.5. The van der Waals surface area contributed by atoms with E-state index < -0.39 is 0 Å². The number of thiazole rings is 1. The average Bonchev–Trinajstić information content (AvgIpc) is 2.81. The van der Waals surface area contributed by atoms with E-state index >= 15 is 0 Å². The molecule has 0 unspecified atom stereocenters. The van der Waals surface area contributed by atoms with Crippen LogP contribution >= 0.6 is 11.3 Å². The fourth-order valence-electron chi connectivity index (χ4n) is 2.25. The second-order valence-corrected chi connectivity index (χ2v) is 5.83. The van der Waals surface area contributed by atoms with Crippen LogP contribution < -0.4 is 5.73 Å². The van der Waals surface area contributed by atoms with Crippen LogP contribution in [-0.2, 0) is 16.1 Å². The van der Waals surface area contributed by atoms with E-state index in [4.69, 9.17) is 10.5 Å². The highest BCUT2D eigenvalue weighted by Crippen LogP contribution is 2.13. The number of likely N-dealkylation sites (N-methyl/N-ethyl adjacent to an activating group) is 1. The van der Waals surface area contributed by atoms with E-state index in [0.717, 1.165) is 32.8 Å². The van der Waals surface area contributed by atoms with Crippen LogP contribution in [0, 0.1) is 0 Å². The minimum atomic E-state index is -0.306. The monoisotopic (exact) mass is 284 g/mol. The molecule has 1 saturated heterocycles. The molecule has 1 fully saturated rings. The Morgan fingerprint density at radius 1 is 1.74 bits per heavy atom. The van der Waals surface area contributed by atoms with Gasteiger partial charge in [0.2, 0.25) is 5.91 Å². The van der Waals surface area contributed by atoms with Crippen molar-refractivity contribution in [1.82, 2.24) is 14.8 Å². The van der Waals surface area contributed by atoms with E-state index in [9.17, 15) is 4.79 Å². The van der Waals surface area contributed by atoms with Crippen LogP contribution in [0.25, 0.3) is 0 Å². The molecule has 6 nitrogen and oxygen atoms in total. The summed E-state index contributed by atoms with van der Waals surface area (Å²) in [6.07, 6.45) is 2.04. The summed E-state index contributed by atoms with van der Waals surface area (Å²) in [6, 6.07) is 0. The Kier molecular flexibility index (Phi) is 5.26. The molecule has 1 aromatic rings. The molecule has 2 rings (SSSR count). The summed E-state index contributed by atoms with van der Waals surface area (Å²) in [5, 5.41) is 0. The highest BCUT2D eigenvalue weighted by molar-refractivity contribution is 7.09. The molecule has 0 aromatic carbocycles. The maximum atomic E-state index is 10.9. The van der Waals surface area contributed by atoms with Gasteiger partial charge >= 0.3 is 0 Å². The van der Waals surface area contributed by atoms with E-state index in [0.29, 0.717) is 0 Å². The highest BCUT2D eigenvalue weighted by Gasteiger charge is 2.22. The van der Waals surface area contributed by atoms with Crippen molar-refractivity contribution in [2.24, 2.45) is 5.73 Å². The number of amides is 1. The minimum Gasteiger partial charge on any atom is -0.374 e.